The van der Waals surface area contributed by atoms with Crippen LogP contribution in [0.2, 0.25) is 0 Å². The van der Waals surface area contributed by atoms with Crippen LogP contribution in [0.1, 0.15) is 15.9 Å². The van der Waals surface area contributed by atoms with Gasteiger partial charge in [-0.15, -0.1) is 0 Å². The van der Waals surface area contributed by atoms with Crippen LogP contribution < -0.4 is 4.74 Å². The van der Waals surface area contributed by atoms with Crippen molar-refractivity contribution in [3.63, 3.8) is 0 Å². The topological polar surface area (TPSA) is 80.7 Å². The van der Waals surface area contributed by atoms with Crippen molar-refractivity contribution in [2.75, 3.05) is 7.11 Å². The molecule has 0 saturated carbocycles. The van der Waals surface area contributed by atoms with Crippen LogP contribution >= 0.6 is 15.9 Å². The van der Waals surface area contributed by atoms with Gasteiger partial charge in [-0.05, 0) is 36.4 Å². The molecule has 2 aromatic carbocycles. The third-order valence-corrected chi connectivity index (χ3v) is 4.20. The van der Waals surface area contributed by atoms with Gasteiger partial charge in [-0.3, -0.25) is 9.35 Å². The van der Waals surface area contributed by atoms with Gasteiger partial charge in [-0.25, -0.2) is 0 Å². The van der Waals surface area contributed by atoms with E-state index in [1.807, 2.05) is 0 Å². The molecule has 110 valence electrons. The average Bonchev–Trinajstić information content (AvgIpc) is 2.45. The number of hydrogen-bond donors (Lipinski definition) is 1. The van der Waals surface area contributed by atoms with Gasteiger partial charge in [-0.1, -0.05) is 15.9 Å². The van der Waals surface area contributed by atoms with Crippen molar-refractivity contribution < 1.29 is 22.5 Å². The number of rotatable bonds is 4. The van der Waals surface area contributed by atoms with Crippen LogP contribution in [-0.2, 0) is 10.1 Å². The third kappa shape index (κ3) is 3.49. The minimum Gasteiger partial charge on any atom is -0.496 e. The van der Waals surface area contributed by atoms with Gasteiger partial charge >= 0.3 is 0 Å². The van der Waals surface area contributed by atoms with Crippen molar-refractivity contribution >= 4 is 31.8 Å². The lowest BCUT2D eigenvalue weighted by molar-refractivity contribution is 0.103. The second-order valence-electron chi connectivity index (χ2n) is 4.17. The summed E-state index contributed by atoms with van der Waals surface area (Å²) in [6, 6.07) is 10.3. The number of methoxy groups -OCH3 is 1. The van der Waals surface area contributed by atoms with Crippen LogP contribution in [0.15, 0.2) is 51.8 Å². The quantitative estimate of drug-likeness (QED) is 0.660. The van der Waals surface area contributed by atoms with Crippen LogP contribution in [-0.4, -0.2) is 25.9 Å². The largest absolute Gasteiger partial charge is 0.496 e. The van der Waals surface area contributed by atoms with E-state index in [4.69, 9.17) is 9.29 Å². The van der Waals surface area contributed by atoms with Gasteiger partial charge in [0.2, 0.25) is 0 Å². The molecule has 0 atom stereocenters. The van der Waals surface area contributed by atoms with Crippen molar-refractivity contribution in [1.29, 1.82) is 0 Å². The molecular formula is C14H11BrO5S. The molecule has 5 nitrogen and oxygen atoms in total. The maximum Gasteiger partial charge on any atom is 0.294 e. The number of benzene rings is 2. The molecule has 1 N–H and O–H groups in total. The van der Waals surface area contributed by atoms with Crippen LogP contribution in [0.5, 0.6) is 5.75 Å². The molecular weight excluding hydrogens is 360 g/mol. The summed E-state index contributed by atoms with van der Waals surface area (Å²) >= 11 is 3.28. The van der Waals surface area contributed by atoms with E-state index in [0.29, 0.717) is 5.56 Å². The van der Waals surface area contributed by atoms with Gasteiger partial charge in [0.25, 0.3) is 10.1 Å². The Labute approximate surface area is 130 Å². The van der Waals surface area contributed by atoms with E-state index in [-0.39, 0.29) is 22.0 Å². The van der Waals surface area contributed by atoms with Crippen molar-refractivity contribution in [2.24, 2.45) is 0 Å². The molecule has 0 saturated heterocycles. The zero-order valence-corrected chi connectivity index (χ0v) is 13.3. The SMILES string of the molecule is COc1cc(S(=O)(=O)O)ccc1C(=O)c1ccc(Br)cc1. The molecule has 0 aromatic heterocycles. The summed E-state index contributed by atoms with van der Waals surface area (Å²) in [7, 11) is -3.02. The molecule has 0 fully saturated rings. The molecule has 0 heterocycles. The molecule has 0 unspecified atom stereocenters. The lowest BCUT2D eigenvalue weighted by atomic mass is 10.0. The summed E-state index contributed by atoms with van der Waals surface area (Å²) < 4.78 is 37.1. The molecule has 0 amide bonds. The van der Waals surface area contributed by atoms with E-state index < -0.39 is 10.1 Å². The number of ketones is 1. The molecule has 7 heteroatoms. The number of hydrogen-bond acceptors (Lipinski definition) is 4. The Morgan fingerprint density at radius 2 is 1.76 bits per heavy atom. The number of carbonyl (C=O) groups excluding carboxylic acids is 1. The fraction of sp³-hybridized carbons (Fsp3) is 0.0714. The van der Waals surface area contributed by atoms with Crippen LogP contribution in [0, 0.1) is 0 Å². The molecule has 0 bridgehead atoms. The van der Waals surface area contributed by atoms with Crippen molar-refractivity contribution in [3.8, 4) is 5.75 Å². The van der Waals surface area contributed by atoms with Crippen LogP contribution in [0.25, 0.3) is 0 Å². The highest BCUT2D eigenvalue weighted by Gasteiger charge is 2.18. The highest BCUT2D eigenvalue weighted by atomic mass is 79.9. The highest BCUT2D eigenvalue weighted by Crippen LogP contribution is 2.25. The van der Waals surface area contributed by atoms with Gasteiger partial charge in [-0.2, -0.15) is 8.42 Å². The fourth-order valence-corrected chi connectivity index (χ4v) is 2.54. The first-order valence-corrected chi connectivity index (χ1v) is 8.02. The van der Waals surface area contributed by atoms with E-state index in [2.05, 4.69) is 15.9 Å². The number of carbonyl (C=O) groups is 1. The standard InChI is InChI=1S/C14H11BrO5S/c1-20-13-8-11(21(17,18)19)6-7-12(13)14(16)9-2-4-10(15)5-3-9/h2-8H,1H3,(H,17,18,19). The molecule has 0 aliphatic heterocycles. The van der Waals surface area contributed by atoms with Crippen molar-refractivity contribution in [1.82, 2.24) is 0 Å². The summed E-state index contributed by atoms with van der Waals surface area (Å²) in [6.45, 7) is 0. The van der Waals surface area contributed by atoms with Gasteiger partial charge < -0.3 is 4.74 Å². The Bertz CT molecular complexity index is 782. The van der Waals surface area contributed by atoms with E-state index >= 15 is 0 Å². The van der Waals surface area contributed by atoms with Crippen molar-refractivity contribution in [3.05, 3.63) is 58.1 Å². The Morgan fingerprint density at radius 1 is 1.14 bits per heavy atom. The Hall–Kier alpha value is -1.70. The molecule has 0 aliphatic rings. The summed E-state index contributed by atoms with van der Waals surface area (Å²) in [5.41, 5.74) is 0.656. The van der Waals surface area contributed by atoms with Crippen molar-refractivity contribution in [2.45, 2.75) is 4.90 Å². The third-order valence-electron chi connectivity index (χ3n) is 2.82. The average molecular weight is 371 g/mol. The zero-order valence-electron chi connectivity index (χ0n) is 10.9. The number of ether oxygens (including phenoxy) is 1. The molecule has 0 radical (unpaired) electrons. The van der Waals surface area contributed by atoms with Gasteiger partial charge in [0, 0.05) is 16.1 Å². The predicted molar refractivity (Wildman–Crippen MR) is 80.4 cm³/mol. The highest BCUT2D eigenvalue weighted by molar-refractivity contribution is 9.10. The smallest absolute Gasteiger partial charge is 0.294 e. The van der Waals surface area contributed by atoms with Gasteiger partial charge in [0.15, 0.2) is 5.78 Å². The van der Waals surface area contributed by atoms with E-state index in [0.717, 1.165) is 16.6 Å². The van der Waals surface area contributed by atoms with E-state index in [1.165, 1.54) is 13.2 Å². The summed E-state index contributed by atoms with van der Waals surface area (Å²) in [4.78, 5) is 12.1. The minimum atomic E-state index is -4.35. The normalized spacial score (nSPS) is 11.2. The molecule has 2 rings (SSSR count). The van der Waals surface area contributed by atoms with Crippen LogP contribution in [0.4, 0.5) is 0 Å². The Kier molecular flexibility index (Phi) is 4.46. The second-order valence-corrected chi connectivity index (χ2v) is 6.51. The monoisotopic (exact) mass is 370 g/mol. The summed E-state index contributed by atoms with van der Waals surface area (Å²) in [5, 5.41) is 0. The lowest BCUT2D eigenvalue weighted by Gasteiger charge is -2.09. The molecule has 0 spiro atoms. The summed E-state index contributed by atoms with van der Waals surface area (Å²) in [6.07, 6.45) is 0. The van der Waals surface area contributed by atoms with Gasteiger partial charge in [0.05, 0.1) is 17.6 Å². The first-order valence-electron chi connectivity index (χ1n) is 5.78. The zero-order chi connectivity index (χ0) is 15.6. The van der Waals surface area contributed by atoms with E-state index in [9.17, 15) is 13.2 Å². The first kappa shape index (κ1) is 15.7. The Balaban J connectivity index is 2.49. The minimum absolute atomic E-state index is 0.0815. The van der Waals surface area contributed by atoms with Gasteiger partial charge in [0.1, 0.15) is 5.75 Å². The Morgan fingerprint density at radius 3 is 2.29 bits per heavy atom. The van der Waals surface area contributed by atoms with E-state index in [1.54, 1.807) is 24.3 Å². The van der Waals surface area contributed by atoms with Crippen LogP contribution in [0.3, 0.4) is 0 Å². The maximum atomic E-state index is 12.4. The number of halogens is 1. The summed E-state index contributed by atoms with van der Waals surface area (Å²) in [5.74, 6) is -0.223. The molecule has 21 heavy (non-hydrogen) atoms. The second kappa shape index (κ2) is 5.97. The maximum absolute atomic E-state index is 12.4. The molecule has 0 aliphatic carbocycles. The molecule has 2 aromatic rings. The lowest BCUT2D eigenvalue weighted by Crippen LogP contribution is -2.06. The first-order chi connectivity index (χ1) is 9.82. The predicted octanol–water partition coefficient (Wildman–Crippen LogP) is 2.94. The fourth-order valence-electron chi connectivity index (χ4n) is 1.78.